The number of nitrogens with zero attached hydrogens (tertiary/aromatic N) is 2. The Bertz CT molecular complexity index is 641. The lowest BCUT2D eigenvalue weighted by Gasteiger charge is -2.13. The van der Waals surface area contributed by atoms with E-state index in [1.54, 1.807) is 12.3 Å². The Labute approximate surface area is 124 Å². The fourth-order valence-electron chi connectivity index (χ4n) is 1.75. The van der Waals surface area contributed by atoms with Crippen LogP contribution < -0.4 is 5.32 Å². The third-order valence-electron chi connectivity index (χ3n) is 2.88. The number of hydrogen-bond acceptors (Lipinski definition) is 4. The van der Waals surface area contributed by atoms with Gasteiger partial charge in [-0.05, 0) is 25.1 Å². The minimum Gasteiger partial charge on any atom is -0.325 e. The van der Waals surface area contributed by atoms with Crippen molar-refractivity contribution in [2.75, 3.05) is 5.32 Å². The highest BCUT2D eigenvalue weighted by Crippen LogP contribution is 2.28. The first-order valence-corrected chi connectivity index (χ1v) is 6.86. The first-order chi connectivity index (χ1) is 9.47. The highest BCUT2D eigenvalue weighted by molar-refractivity contribution is 7.80. The van der Waals surface area contributed by atoms with Crippen LogP contribution in [0.4, 0.5) is 5.69 Å². The minimum absolute atomic E-state index is 0.0183. The monoisotopic (exact) mass is 287 g/mol. The number of rotatable bonds is 3. The second-order valence-corrected chi connectivity index (χ2v) is 5.33. The van der Waals surface area contributed by atoms with Gasteiger partial charge >= 0.3 is 0 Å². The van der Waals surface area contributed by atoms with Crippen LogP contribution in [0.3, 0.4) is 0 Å². The second-order valence-electron chi connectivity index (χ2n) is 4.93. The normalized spacial score (nSPS) is 10.7. The summed E-state index contributed by atoms with van der Waals surface area (Å²) in [5.74, 6) is -0.0924. The minimum atomic E-state index is -0.0741. The van der Waals surface area contributed by atoms with Crippen LogP contribution in [0, 0.1) is 12.8 Å². The number of aryl methyl sites for hydroxylation is 1. The molecule has 0 radical (unpaired) electrons. The first-order valence-electron chi connectivity index (χ1n) is 6.41. The van der Waals surface area contributed by atoms with Crippen molar-refractivity contribution < 1.29 is 4.79 Å². The number of aromatic nitrogens is 2. The topological polar surface area (TPSA) is 54.9 Å². The molecule has 104 valence electrons. The van der Waals surface area contributed by atoms with E-state index in [1.165, 1.54) is 0 Å². The molecule has 1 amide bonds. The molecule has 0 aliphatic carbocycles. The molecule has 1 aromatic heterocycles. The summed E-state index contributed by atoms with van der Waals surface area (Å²) >= 11 is 4.16. The lowest BCUT2D eigenvalue weighted by atomic mass is 10.1. The predicted molar refractivity (Wildman–Crippen MR) is 82.9 cm³/mol. The van der Waals surface area contributed by atoms with Crippen LogP contribution in [0.2, 0.25) is 0 Å². The van der Waals surface area contributed by atoms with Gasteiger partial charge in [0.1, 0.15) is 0 Å². The van der Waals surface area contributed by atoms with Crippen LogP contribution in [0.5, 0.6) is 0 Å². The summed E-state index contributed by atoms with van der Waals surface area (Å²) in [5.41, 5.74) is 3.46. The molecule has 4 nitrogen and oxygen atoms in total. The molecule has 20 heavy (non-hydrogen) atoms. The summed E-state index contributed by atoms with van der Waals surface area (Å²) in [7, 11) is 0. The Morgan fingerprint density at radius 1 is 1.30 bits per heavy atom. The average molecular weight is 287 g/mol. The third kappa shape index (κ3) is 3.36. The molecule has 0 unspecified atom stereocenters. The summed E-state index contributed by atoms with van der Waals surface area (Å²) in [5, 5.41) is 3.34. The van der Waals surface area contributed by atoms with E-state index in [4.69, 9.17) is 0 Å². The van der Waals surface area contributed by atoms with Gasteiger partial charge in [-0.3, -0.25) is 4.79 Å². The largest absolute Gasteiger partial charge is 0.325 e. The summed E-state index contributed by atoms with van der Waals surface area (Å²) in [6.07, 6.45) is 1.65. The molecule has 0 atom stereocenters. The first kappa shape index (κ1) is 14.5. The van der Waals surface area contributed by atoms with Gasteiger partial charge in [-0.25, -0.2) is 9.97 Å². The van der Waals surface area contributed by atoms with E-state index in [1.807, 2.05) is 39.0 Å². The van der Waals surface area contributed by atoms with E-state index in [0.717, 1.165) is 22.5 Å². The molecule has 1 N–H and O–H groups in total. The van der Waals surface area contributed by atoms with E-state index in [0.29, 0.717) is 5.16 Å². The molecular weight excluding hydrogens is 270 g/mol. The Morgan fingerprint density at radius 3 is 2.70 bits per heavy atom. The molecule has 0 saturated heterocycles. The number of hydrogen-bond donors (Lipinski definition) is 2. The average Bonchev–Trinajstić information content (AvgIpc) is 2.40. The molecular formula is C15H17N3OS. The van der Waals surface area contributed by atoms with Crippen molar-refractivity contribution in [3.8, 4) is 11.3 Å². The smallest absolute Gasteiger partial charge is 0.226 e. The number of benzene rings is 1. The molecule has 0 saturated carbocycles. The van der Waals surface area contributed by atoms with Crippen LogP contribution in [-0.4, -0.2) is 15.9 Å². The third-order valence-corrected chi connectivity index (χ3v) is 3.09. The van der Waals surface area contributed by atoms with Crippen LogP contribution >= 0.6 is 12.6 Å². The van der Waals surface area contributed by atoms with Crippen molar-refractivity contribution in [2.24, 2.45) is 5.92 Å². The van der Waals surface area contributed by atoms with Gasteiger partial charge in [-0.15, -0.1) is 12.6 Å². The van der Waals surface area contributed by atoms with Crippen molar-refractivity contribution in [1.29, 1.82) is 0 Å². The zero-order valence-electron chi connectivity index (χ0n) is 11.7. The maximum Gasteiger partial charge on any atom is 0.226 e. The van der Waals surface area contributed by atoms with Crippen LogP contribution in [0.25, 0.3) is 11.3 Å². The predicted octanol–water partition coefficient (Wildman–Crippen LogP) is 3.34. The lowest BCUT2D eigenvalue weighted by molar-refractivity contribution is -0.118. The summed E-state index contributed by atoms with van der Waals surface area (Å²) in [6, 6.07) is 7.65. The second kappa shape index (κ2) is 6.05. The molecule has 1 aromatic carbocycles. The number of anilines is 1. The fraction of sp³-hybridized carbons (Fsp3) is 0.267. The highest BCUT2D eigenvalue weighted by Gasteiger charge is 2.12. The molecule has 0 fully saturated rings. The Hall–Kier alpha value is -1.88. The zero-order chi connectivity index (χ0) is 14.7. The Balaban J connectivity index is 2.46. The Kier molecular flexibility index (Phi) is 4.39. The maximum atomic E-state index is 11.9. The lowest BCUT2D eigenvalue weighted by Crippen LogP contribution is -2.18. The highest BCUT2D eigenvalue weighted by atomic mass is 32.1. The van der Waals surface area contributed by atoms with Crippen LogP contribution in [0.1, 0.15) is 19.4 Å². The van der Waals surface area contributed by atoms with E-state index in [9.17, 15) is 4.79 Å². The number of carbonyl (C=O) groups excluding carboxylic acids is 1. The van der Waals surface area contributed by atoms with Crippen molar-refractivity contribution in [1.82, 2.24) is 9.97 Å². The quantitative estimate of drug-likeness (QED) is 0.672. The van der Waals surface area contributed by atoms with E-state index in [-0.39, 0.29) is 11.8 Å². The molecule has 0 aliphatic heterocycles. The van der Waals surface area contributed by atoms with Crippen molar-refractivity contribution in [3.63, 3.8) is 0 Å². The molecule has 0 spiro atoms. The molecule has 5 heteroatoms. The molecule has 0 bridgehead atoms. The van der Waals surface area contributed by atoms with Crippen LogP contribution in [-0.2, 0) is 4.79 Å². The Morgan fingerprint density at radius 2 is 2.05 bits per heavy atom. The van der Waals surface area contributed by atoms with E-state index in [2.05, 4.69) is 27.9 Å². The zero-order valence-corrected chi connectivity index (χ0v) is 12.6. The summed E-state index contributed by atoms with van der Waals surface area (Å²) in [6.45, 7) is 5.72. The van der Waals surface area contributed by atoms with Gasteiger partial charge < -0.3 is 5.32 Å². The summed E-state index contributed by atoms with van der Waals surface area (Å²) < 4.78 is 0. The molecule has 1 heterocycles. The number of amides is 1. The van der Waals surface area contributed by atoms with E-state index < -0.39 is 0 Å². The van der Waals surface area contributed by atoms with Crippen molar-refractivity contribution in [2.45, 2.75) is 25.9 Å². The maximum absolute atomic E-state index is 11.9. The number of nitrogens with one attached hydrogen (secondary N) is 1. The number of thiol groups is 1. The standard InChI is InChI=1S/C15H17N3OS/c1-9(2)14(19)17-12-5-4-10(3)8-11(12)13-6-7-16-15(20)18-13/h4-9H,1-3H3,(H,17,19)(H,16,18,20). The van der Waals surface area contributed by atoms with Gasteiger partial charge in [0.2, 0.25) is 5.91 Å². The molecule has 2 aromatic rings. The number of carbonyl (C=O) groups is 1. The van der Waals surface area contributed by atoms with Gasteiger partial charge in [-0.2, -0.15) is 0 Å². The molecule has 0 aliphatic rings. The van der Waals surface area contributed by atoms with Crippen molar-refractivity contribution in [3.05, 3.63) is 36.0 Å². The van der Waals surface area contributed by atoms with Gasteiger partial charge in [0.05, 0.1) is 11.4 Å². The summed E-state index contributed by atoms with van der Waals surface area (Å²) in [4.78, 5) is 20.2. The van der Waals surface area contributed by atoms with Gasteiger partial charge in [0, 0.05) is 17.7 Å². The SMILES string of the molecule is Cc1ccc(NC(=O)C(C)C)c(-c2ccnc(S)n2)c1. The fourth-order valence-corrected chi connectivity index (χ4v) is 1.93. The van der Waals surface area contributed by atoms with Gasteiger partial charge in [0.25, 0.3) is 0 Å². The molecule has 2 rings (SSSR count). The van der Waals surface area contributed by atoms with Gasteiger partial charge in [-0.1, -0.05) is 25.5 Å². The van der Waals surface area contributed by atoms with Crippen molar-refractivity contribution >= 4 is 24.2 Å². The van der Waals surface area contributed by atoms with Gasteiger partial charge in [0.15, 0.2) is 5.16 Å². The van der Waals surface area contributed by atoms with Crippen LogP contribution in [0.15, 0.2) is 35.6 Å². The van der Waals surface area contributed by atoms with E-state index >= 15 is 0 Å².